The molecule has 27 heavy (non-hydrogen) atoms. The van der Waals surface area contributed by atoms with Crippen molar-refractivity contribution in [1.29, 1.82) is 0 Å². The van der Waals surface area contributed by atoms with Crippen LogP contribution in [0.15, 0.2) is 18.2 Å². The maximum atomic E-state index is 12.0. The lowest BCUT2D eigenvalue weighted by molar-refractivity contribution is -0.128. The summed E-state index contributed by atoms with van der Waals surface area (Å²) in [5.41, 5.74) is 0.799. The summed E-state index contributed by atoms with van der Waals surface area (Å²) < 4.78 is 0. The third kappa shape index (κ3) is 5.12. The maximum Gasteiger partial charge on any atom is 0.144 e. The van der Waals surface area contributed by atoms with Gasteiger partial charge in [0.05, 0.1) is 0 Å². The van der Waals surface area contributed by atoms with E-state index in [0.717, 1.165) is 0 Å². The minimum Gasteiger partial charge on any atom is -0.299 e. The first-order valence-corrected chi connectivity index (χ1v) is 8.55. The lowest BCUT2D eigenvalue weighted by Gasteiger charge is -2.20. The molecule has 0 aliphatic heterocycles. The minimum atomic E-state index is -1.09. The molecule has 0 atom stereocenters. The van der Waals surface area contributed by atoms with Crippen LogP contribution in [-0.4, -0.2) is 34.7 Å². The average Bonchev–Trinajstić information content (AvgIpc) is 2.44. The van der Waals surface area contributed by atoms with Crippen molar-refractivity contribution in [3.8, 4) is 0 Å². The third-order valence-electron chi connectivity index (χ3n) is 4.44. The molecule has 0 spiro atoms. The van der Waals surface area contributed by atoms with E-state index in [1.165, 1.54) is 59.7 Å². The van der Waals surface area contributed by atoms with E-state index in [9.17, 15) is 28.8 Å². The molecule has 0 bridgehead atoms. The number of carbonyl (C=O) groups excluding carboxylic acids is 6. The maximum absolute atomic E-state index is 12.0. The van der Waals surface area contributed by atoms with Crippen LogP contribution in [0.4, 0.5) is 0 Å². The highest BCUT2D eigenvalue weighted by molar-refractivity contribution is 6.09. The summed E-state index contributed by atoms with van der Waals surface area (Å²) in [5, 5.41) is 0. The second-order valence-electron chi connectivity index (χ2n) is 6.90. The molecule has 1 aromatic rings. The van der Waals surface area contributed by atoms with Gasteiger partial charge in [0.2, 0.25) is 0 Å². The van der Waals surface area contributed by atoms with E-state index < -0.39 is 52.5 Å². The summed E-state index contributed by atoms with van der Waals surface area (Å²) in [6, 6.07) is 4.38. The van der Waals surface area contributed by atoms with Crippen LogP contribution < -0.4 is 0 Å². The number of benzene rings is 1. The number of hydrogen-bond acceptors (Lipinski definition) is 6. The third-order valence-corrected chi connectivity index (χ3v) is 4.44. The molecule has 0 saturated heterocycles. The van der Waals surface area contributed by atoms with E-state index in [-0.39, 0.29) is 16.7 Å². The molecule has 1 rings (SSSR count). The van der Waals surface area contributed by atoms with Gasteiger partial charge in [0.1, 0.15) is 52.5 Å². The first-order valence-electron chi connectivity index (χ1n) is 8.55. The monoisotopic (exact) mass is 372 g/mol. The molecule has 0 N–H and O–H groups in total. The lowest BCUT2D eigenvalue weighted by atomic mass is 9.81. The molecule has 0 heterocycles. The Morgan fingerprint density at radius 1 is 0.444 bits per heavy atom. The van der Waals surface area contributed by atoms with Gasteiger partial charge in [0.15, 0.2) is 0 Å². The van der Waals surface area contributed by atoms with Crippen LogP contribution >= 0.6 is 0 Å². The largest absolute Gasteiger partial charge is 0.299 e. The fourth-order valence-corrected chi connectivity index (χ4v) is 3.47. The van der Waals surface area contributed by atoms with Crippen LogP contribution in [0, 0.1) is 0 Å². The van der Waals surface area contributed by atoms with Crippen molar-refractivity contribution in [2.45, 2.75) is 59.3 Å². The molecule has 0 aliphatic carbocycles. The van der Waals surface area contributed by atoms with E-state index in [1.54, 1.807) is 0 Å². The molecule has 0 unspecified atom stereocenters. The Morgan fingerprint density at radius 2 is 0.593 bits per heavy atom. The van der Waals surface area contributed by atoms with Gasteiger partial charge in [-0.1, -0.05) is 18.2 Å². The van der Waals surface area contributed by atoms with Gasteiger partial charge in [0, 0.05) is 0 Å². The number of hydrogen-bond donors (Lipinski definition) is 0. The fourth-order valence-electron chi connectivity index (χ4n) is 3.47. The number of rotatable bonds is 9. The van der Waals surface area contributed by atoms with E-state index in [2.05, 4.69) is 0 Å². The summed E-state index contributed by atoms with van der Waals surface area (Å²) in [7, 11) is 0. The quantitative estimate of drug-likeness (QED) is 0.617. The number of ketones is 6. The van der Waals surface area contributed by atoms with Crippen molar-refractivity contribution in [1.82, 2.24) is 0 Å². The zero-order valence-corrected chi connectivity index (χ0v) is 16.4. The SMILES string of the molecule is CC(=O)C(C(C)=O)c1cc(C(C(C)=O)C(C)=O)cc(C(C(C)=O)C(C)=O)c1. The molecule has 0 radical (unpaired) electrons. The summed E-state index contributed by atoms with van der Waals surface area (Å²) in [4.78, 5) is 72.0. The molecule has 1 aromatic carbocycles. The van der Waals surface area contributed by atoms with Crippen LogP contribution in [0.5, 0.6) is 0 Å². The predicted molar refractivity (Wildman–Crippen MR) is 98.8 cm³/mol. The standard InChI is InChI=1S/C21H24O6/c1-10(22)19(11(2)23)16-7-17(20(12(3)24)13(4)25)9-18(8-16)21(14(5)26)15(6)27/h7-9,19-21H,1-6H3. The summed E-state index contributed by atoms with van der Waals surface area (Å²) in [5.74, 6) is -5.73. The van der Waals surface area contributed by atoms with Crippen LogP contribution in [0.25, 0.3) is 0 Å². The molecule has 144 valence electrons. The number of Topliss-reactive ketones (excluding diaryl/α,β-unsaturated/α-hetero) is 6. The topological polar surface area (TPSA) is 102 Å². The summed E-state index contributed by atoms with van der Waals surface area (Å²) >= 11 is 0. The first-order chi connectivity index (χ1) is 12.4. The van der Waals surface area contributed by atoms with Crippen molar-refractivity contribution < 1.29 is 28.8 Å². The smallest absolute Gasteiger partial charge is 0.144 e. The molecule has 0 saturated carbocycles. The van der Waals surface area contributed by atoms with Gasteiger partial charge in [-0.05, 0) is 58.2 Å². The second kappa shape index (κ2) is 8.75. The lowest BCUT2D eigenvalue weighted by Crippen LogP contribution is -2.23. The average molecular weight is 372 g/mol. The summed E-state index contributed by atoms with van der Waals surface area (Å²) in [6.07, 6.45) is 0. The zero-order valence-electron chi connectivity index (χ0n) is 16.4. The molecular weight excluding hydrogens is 348 g/mol. The van der Waals surface area contributed by atoms with Crippen molar-refractivity contribution in [2.75, 3.05) is 0 Å². The highest BCUT2D eigenvalue weighted by atomic mass is 16.2. The van der Waals surface area contributed by atoms with Crippen LogP contribution in [0.1, 0.15) is 76.0 Å². The van der Waals surface area contributed by atoms with E-state index in [4.69, 9.17) is 0 Å². The van der Waals surface area contributed by atoms with E-state index in [0.29, 0.717) is 0 Å². The van der Waals surface area contributed by atoms with Crippen molar-refractivity contribution >= 4 is 34.7 Å². The van der Waals surface area contributed by atoms with Gasteiger partial charge in [-0.15, -0.1) is 0 Å². The van der Waals surface area contributed by atoms with Crippen molar-refractivity contribution in [2.24, 2.45) is 0 Å². The number of carbonyl (C=O) groups is 6. The molecule has 0 amide bonds. The fraction of sp³-hybridized carbons (Fsp3) is 0.429. The van der Waals surface area contributed by atoms with Crippen molar-refractivity contribution in [3.63, 3.8) is 0 Å². The highest BCUT2D eigenvalue weighted by Gasteiger charge is 2.30. The molecule has 6 nitrogen and oxygen atoms in total. The Hall–Kier alpha value is -2.76. The van der Waals surface area contributed by atoms with Crippen LogP contribution in [0.3, 0.4) is 0 Å². The Morgan fingerprint density at radius 3 is 0.704 bits per heavy atom. The van der Waals surface area contributed by atoms with E-state index >= 15 is 0 Å². The Bertz CT molecular complexity index is 669. The van der Waals surface area contributed by atoms with Crippen molar-refractivity contribution in [3.05, 3.63) is 34.9 Å². The van der Waals surface area contributed by atoms with E-state index in [1.807, 2.05) is 0 Å². The first kappa shape index (κ1) is 22.3. The summed E-state index contributed by atoms with van der Waals surface area (Å²) in [6.45, 7) is 7.58. The molecule has 0 aliphatic rings. The molecule has 0 fully saturated rings. The molecule has 6 heteroatoms. The van der Waals surface area contributed by atoms with Gasteiger partial charge in [-0.3, -0.25) is 28.8 Å². The van der Waals surface area contributed by atoms with Gasteiger partial charge >= 0.3 is 0 Å². The van der Waals surface area contributed by atoms with Gasteiger partial charge in [-0.25, -0.2) is 0 Å². The Labute approximate surface area is 158 Å². The van der Waals surface area contributed by atoms with Crippen LogP contribution in [-0.2, 0) is 28.8 Å². The zero-order chi connectivity index (χ0) is 21.0. The van der Waals surface area contributed by atoms with Gasteiger partial charge < -0.3 is 0 Å². The molecule has 0 aromatic heterocycles. The predicted octanol–water partition coefficient (Wildman–Crippen LogP) is 2.47. The Balaban J connectivity index is 3.84. The van der Waals surface area contributed by atoms with Crippen LogP contribution in [0.2, 0.25) is 0 Å². The van der Waals surface area contributed by atoms with Gasteiger partial charge in [0.25, 0.3) is 0 Å². The Kier molecular flexibility index (Phi) is 7.22. The van der Waals surface area contributed by atoms with Gasteiger partial charge in [-0.2, -0.15) is 0 Å². The normalized spacial score (nSPS) is 11.0. The minimum absolute atomic E-state index is 0.266. The highest BCUT2D eigenvalue weighted by Crippen LogP contribution is 2.30. The molecular formula is C21H24O6. The second-order valence-corrected chi connectivity index (χ2v) is 6.90.